The zero-order valence-corrected chi connectivity index (χ0v) is 18.4. The molecule has 0 aliphatic rings. The predicted octanol–water partition coefficient (Wildman–Crippen LogP) is 4.46. The molecular formula is C23H27N3O3S. The number of benzene rings is 1. The van der Waals surface area contributed by atoms with E-state index in [9.17, 15) is 4.79 Å². The highest BCUT2D eigenvalue weighted by atomic mass is 32.1. The van der Waals surface area contributed by atoms with E-state index in [0.29, 0.717) is 18.9 Å². The molecule has 3 rings (SSSR count). The highest BCUT2D eigenvalue weighted by Gasteiger charge is 2.14. The summed E-state index contributed by atoms with van der Waals surface area (Å²) in [6.45, 7) is 6.41. The summed E-state index contributed by atoms with van der Waals surface area (Å²) in [4.78, 5) is 23.2. The molecule has 0 atom stereocenters. The van der Waals surface area contributed by atoms with E-state index in [1.54, 1.807) is 18.3 Å². The van der Waals surface area contributed by atoms with Gasteiger partial charge in [0.25, 0.3) is 0 Å². The van der Waals surface area contributed by atoms with Crippen molar-refractivity contribution >= 4 is 28.8 Å². The van der Waals surface area contributed by atoms with Crippen LogP contribution in [0.2, 0.25) is 0 Å². The van der Waals surface area contributed by atoms with Gasteiger partial charge in [0.2, 0.25) is 0 Å². The smallest absolute Gasteiger partial charge is 0.310 e. The lowest BCUT2D eigenvalue weighted by molar-refractivity contribution is -0.142. The minimum atomic E-state index is -0.223. The third-order valence-corrected chi connectivity index (χ3v) is 5.82. The Bertz CT molecular complexity index is 999. The molecule has 158 valence electrons. The van der Waals surface area contributed by atoms with Crippen molar-refractivity contribution in [1.82, 2.24) is 9.97 Å². The molecule has 0 aliphatic carbocycles. The first kappa shape index (κ1) is 21.9. The maximum atomic E-state index is 11.7. The zero-order chi connectivity index (χ0) is 21.5. The van der Waals surface area contributed by atoms with Crippen molar-refractivity contribution in [1.29, 1.82) is 0 Å². The van der Waals surface area contributed by atoms with Crippen molar-refractivity contribution < 1.29 is 14.6 Å². The normalized spacial score (nSPS) is 10.8. The molecule has 0 spiro atoms. The molecule has 0 fully saturated rings. The number of aliphatic hydroxyl groups is 1. The molecule has 0 bridgehead atoms. The van der Waals surface area contributed by atoms with Gasteiger partial charge < -0.3 is 15.2 Å². The van der Waals surface area contributed by atoms with E-state index in [0.717, 1.165) is 44.5 Å². The third-order valence-electron chi connectivity index (χ3n) is 4.68. The number of hydrogen-bond acceptors (Lipinski definition) is 7. The first-order valence-electron chi connectivity index (χ1n) is 10.1. The van der Waals surface area contributed by atoms with E-state index >= 15 is 0 Å². The summed E-state index contributed by atoms with van der Waals surface area (Å²) in [5, 5.41) is 12.6. The van der Waals surface area contributed by atoms with E-state index in [2.05, 4.69) is 12.2 Å². The van der Waals surface area contributed by atoms with Gasteiger partial charge in [-0.1, -0.05) is 19.1 Å². The Hall–Kier alpha value is -2.77. The van der Waals surface area contributed by atoms with Crippen LogP contribution in [0, 0.1) is 6.92 Å². The summed E-state index contributed by atoms with van der Waals surface area (Å²) in [6.07, 6.45) is 1.72. The SMILES string of the molecule is CCOC(=O)Cc1ccc(Nc2nc(-c3ccc(CCO)s3)nc(C)c2CC)cc1. The van der Waals surface area contributed by atoms with Crippen molar-refractivity contribution in [2.24, 2.45) is 0 Å². The molecule has 7 heteroatoms. The number of aromatic nitrogens is 2. The molecule has 0 saturated carbocycles. The monoisotopic (exact) mass is 425 g/mol. The molecule has 0 amide bonds. The molecule has 0 saturated heterocycles. The predicted molar refractivity (Wildman–Crippen MR) is 120 cm³/mol. The summed E-state index contributed by atoms with van der Waals surface area (Å²) in [7, 11) is 0. The number of nitrogens with one attached hydrogen (secondary N) is 1. The van der Waals surface area contributed by atoms with Gasteiger partial charge in [-0.15, -0.1) is 11.3 Å². The number of anilines is 2. The summed E-state index contributed by atoms with van der Waals surface area (Å²) in [5.41, 5.74) is 3.82. The fourth-order valence-electron chi connectivity index (χ4n) is 3.20. The Kier molecular flexibility index (Phi) is 7.54. The van der Waals surface area contributed by atoms with E-state index in [-0.39, 0.29) is 19.0 Å². The van der Waals surface area contributed by atoms with Crippen LogP contribution in [-0.2, 0) is 28.8 Å². The highest BCUT2D eigenvalue weighted by molar-refractivity contribution is 7.15. The number of rotatable bonds is 9. The van der Waals surface area contributed by atoms with Gasteiger partial charge in [0, 0.05) is 34.8 Å². The number of aryl methyl sites for hydroxylation is 1. The van der Waals surface area contributed by atoms with Gasteiger partial charge >= 0.3 is 5.97 Å². The lowest BCUT2D eigenvalue weighted by atomic mass is 10.1. The minimum absolute atomic E-state index is 0.133. The summed E-state index contributed by atoms with van der Waals surface area (Å²) < 4.78 is 5.00. The molecule has 3 aromatic rings. The largest absolute Gasteiger partial charge is 0.466 e. The van der Waals surface area contributed by atoms with E-state index in [1.165, 1.54) is 0 Å². The Labute approximate surface area is 181 Å². The highest BCUT2D eigenvalue weighted by Crippen LogP contribution is 2.30. The van der Waals surface area contributed by atoms with Crippen molar-refractivity contribution in [3.63, 3.8) is 0 Å². The molecule has 2 N–H and O–H groups in total. The molecule has 0 unspecified atom stereocenters. The molecule has 2 aromatic heterocycles. The van der Waals surface area contributed by atoms with E-state index in [1.807, 2.05) is 43.3 Å². The van der Waals surface area contributed by atoms with Gasteiger partial charge in [-0.25, -0.2) is 9.97 Å². The summed E-state index contributed by atoms with van der Waals surface area (Å²) in [6, 6.07) is 11.7. The van der Waals surface area contributed by atoms with Crippen molar-refractivity contribution in [3.8, 4) is 10.7 Å². The van der Waals surface area contributed by atoms with Crippen molar-refractivity contribution in [2.75, 3.05) is 18.5 Å². The number of ether oxygens (including phenoxy) is 1. The minimum Gasteiger partial charge on any atom is -0.466 e. The Morgan fingerprint density at radius 1 is 1.13 bits per heavy atom. The number of aliphatic hydroxyl groups excluding tert-OH is 1. The first-order chi connectivity index (χ1) is 14.5. The van der Waals surface area contributed by atoms with Gasteiger partial charge in [-0.2, -0.15) is 0 Å². The van der Waals surface area contributed by atoms with Gasteiger partial charge in [0.15, 0.2) is 5.82 Å². The molecule has 0 radical (unpaired) electrons. The van der Waals surface area contributed by atoms with Gasteiger partial charge in [-0.3, -0.25) is 4.79 Å². The number of esters is 1. The molecular weight excluding hydrogens is 398 g/mol. The van der Waals surface area contributed by atoms with Crippen molar-refractivity contribution in [2.45, 2.75) is 40.0 Å². The Morgan fingerprint density at radius 3 is 2.57 bits per heavy atom. The number of carbonyl (C=O) groups excluding carboxylic acids is 1. The van der Waals surface area contributed by atoms with Crippen LogP contribution >= 0.6 is 11.3 Å². The molecule has 0 aliphatic heterocycles. The van der Waals surface area contributed by atoms with Crippen LogP contribution < -0.4 is 5.32 Å². The summed E-state index contributed by atoms with van der Waals surface area (Å²) >= 11 is 1.60. The second-order valence-corrected chi connectivity index (χ2v) is 8.02. The van der Waals surface area contributed by atoms with Crippen LogP contribution in [-0.4, -0.2) is 34.3 Å². The van der Waals surface area contributed by atoms with Gasteiger partial charge in [0.1, 0.15) is 5.82 Å². The number of carbonyl (C=O) groups is 1. The van der Waals surface area contributed by atoms with Crippen LogP contribution in [0.4, 0.5) is 11.5 Å². The van der Waals surface area contributed by atoms with Crippen LogP contribution in [0.1, 0.15) is 35.5 Å². The quantitative estimate of drug-likeness (QED) is 0.493. The van der Waals surface area contributed by atoms with Gasteiger partial charge in [-0.05, 0) is 50.1 Å². The lowest BCUT2D eigenvalue weighted by Gasteiger charge is -2.14. The molecule has 30 heavy (non-hydrogen) atoms. The van der Waals surface area contributed by atoms with E-state index in [4.69, 9.17) is 19.8 Å². The number of hydrogen-bond donors (Lipinski definition) is 2. The van der Waals surface area contributed by atoms with Crippen LogP contribution in [0.5, 0.6) is 0 Å². The fraction of sp³-hybridized carbons (Fsp3) is 0.348. The second kappa shape index (κ2) is 10.3. The maximum absolute atomic E-state index is 11.7. The molecule has 6 nitrogen and oxygen atoms in total. The molecule has 2 heterocycles. The Balaban J connectivity index is 1.83. The van der Waals surface area contributed by atoms with Crippen LogP contribution in [0.15, 0.2) is 36.4 Å². The van der Waals surface area contributed by atoms with E-state index < -0.39 is 0 Å². The topological polar surface area (TPSA) is 84.3 Å². The number of nitrogens with zero attached hydrogens (tertiary/aromatic N) is 2. The standard InChI is InChI=1S/C23H27N3O3S/c1-4-19-15(3)24-23(20-11-10-18(30-20)12-13-27)26-22(19)25-17-8-6-16(7-9-17)14-21(28)29-5-2/h6-11,27H,4-5,12-14H2,1-3H3,(H,24,25,26). The average Bonchev–Trinajstić information content (AvgIpc) is 3.18. The van der Waals surface area contributed by atoms with Crippen LogP contribution in [0.25, 0.3) is 10.7 Å². The average molecular weight is 426 g/mol. The molecule has 1 aromatic carbocycles. The number of thiophene rings is 1. The zero-order valence-electron chi connectivity index (χ0n) is 17.6. The van der Waals surface area contributed by atoms with Crippen molar-refractivity contribution in [3.05, 3.63) is 58.1 Å². The lowest BCUT2D eigenvalue weighted by Crippen LogP contribution is -2.07. The fourth-order valence-corrected chi connectivity index (χ4v) is 4.13. The van der Waals surface area contributed by atoms with Crippen LogP contribution in [0.3, 0.4) is 0 Å². The summed E-state index contributed by atoms with van der Waals surface area (Å²) in [5.74, 6) is 1.25. The van der Waals surface area contributed by atoms with Gasteiger partial charge in [0.05, 0.1) is 17.9 Å². The third kappa shape index (κ3) is 5.43. The second-order valence-electron chi connectivity index (χ2n) is 6.86. The maximum Gasteiger partial charge on any atom is 0.310 e. The Morgan fingerprint density at radius 2 is 1.90 bits per heavy atom. The first-order valence-corrected chi connectivity index (χ1v) is 10.9.